The van der Waals surface area contributed by atoms with Crippen molar-refractivity contribution in [3.63, 3.8) is 0 Å². The zero-order valence-corrected chi connectivity index (χ0v) is 17.1. The molecule has 0 aliphatic carbocycles. The SMILES string of the molecule is Cc1cc(C(F)(F)F)nn1CC(=O)N1[C@H]2CC[C@@H]1c1cnc(-c3ccc(F)cc3)nc1C2. The van der Waals surface area contributed by atoms with E-state index in [0.29, 0.717) is 17.8 Å². The molecule has 166 valence electrons. The third-order valence-electron chi connectivity index (χ3n) is 6.14. The number of aryl methyl sites for hydroxylation is 1. The Labute approximate surface area is 180 Å². The number of carbonyl (C=O) groups excluding carboxylic acids is 1. The van der Waals surface area contributed by atoms with Gasteiger partial charge in [-0.2, -0.15) is 18.3 Å². The highest BCUT2D eigenvalue weighted by Gasteiger charge is 2.43. The zero-order valence-electron chi connectivity index (χ0n) is 17.1. The quantitative estimate of drug-likeness (QED) is 0.570. The van der Waals surface area contributed by atoms with E-state index in [9.17, 15) is 22.4 Å². The molecule has 0 unspecified atom stereocenters. The third-order valence-corrected chi connectivity index (χ3v) is 6.14. The van der Waals surface area contributed by atoms with Crippen molar-refractivity contribution in [3.8, 4) is 11.4 Å². The molecule has 1 saturated heterocycles. The second kappa shape index (κ2) is 7.39. The minimum atomic E-state index is -4.55. The topological polar surface area (TPSA) is 63.9 Å². The fraction of sp³-hybridized carbons (Fsp3) is 0.364. The Bertz CT molecular complexity index is 1190. The number of rotatable bonds is 3. The van der Waals surface area contributed by atoms with Gasteiger partial charge < -0.3 is 4.90 Å². The Balaban J connectivity index is 1.39. The molecule has 4 heterocycles. The molecule has 0 N–H and O–H groups in total. The van der Waals surface area contributed by atoms with Crippen LogP contribution in [-0.4, -0.2) is 36.6 Å². The maximum atomic E-state index is 13.2. The smallest absolute Gasteiger partial charge is 0.331 e. The monoisotopic (exact) mass is 445 g/mol. The first-order valence-electron chi connectivity index (χ1n) is 10.3. The van der Waals surface area contributed by atoms with Gasteiger partial charge in [0.1, 0.15) is 12.4 Å². The van der Waals surface area contributed by atoms with E-state index >= 15 is 0 Å². The predicted octanol–water partition coefficient (Wildman–Crippen LogP) is 4.09. The predicted molar refractivity (Wildman–Crippen MR) is 106 cm³/mol. The first kappa shape index (κ1) is 20.6. The van der Waals surface area contributed by atoms with E-state index < -0.39 is 11.9 Å². The van der Waals surface area contributed by atoms with Crippen LogP contribution in [0.4, 0.5) is 17.6 Å². The molecule has 0 spiro atoms. The molecule has 0 saturated carbocycles. The van der Waals surface area contributed by atoms with Crippen molar-refractivity contribution >= 4 is 5.91 Å². The molecule has 1 amide bonds. The summed E-state index contributed by atoms with van der Waals surface area (Å²) in [6.45, 7) is 1.25. The van der Waals surface area contributed by atoms with Crippen molar-refractivity contribution < 1.29 is 22.4 Å². The van der Waals surface area contributed by atoms with Crippen molar-refractivity contribution in [1.29, 1.82) is 0 Å². The molecule has 2 bridgehead atoms. The van der Waals surface area contributed by atoms with Gasteiger partial charge in [0.05, 0.1) is 11.7 Å². The van der Waals surface area contributed by atoms with E-state index in [4.69, 9.17) is 0 Å². The Morgan fingerprint density at radius 2 is 1.94 bits per heavy atom. The van der Waals surface area contributed by atoms with Crippen LogP contribution >= 0.6 is 0 Å². The van der Waals surface area contributed by atoms with Gasteiger partial charge in [0.2, 0.25) is 5.91 Å². The highest BCUT2D eigenvalue weighted by Crippen LogP contribution is 2.43. The van der Waals surface area contributed by atoms with Crippen LogP contribution in [0, 0.1) is 12.7 Å². The van der Waals surface area contributed by atoms with E-state index in [2.05, 4.69) is 15.1 Å². The van der Waals surface area contributed by atoms with E-state index in [-0.39, 0.29) is 36.0 Å². The summed E-state index contributed by atoms with van der Waals surface area (Å²) in [7, 11) is 0. The number of aromatic nitrogens is 4. The zero-order chi connectivity index (χ0) is 22.6. The Morgan fingerprint density at radius 3 is 2.62 bits per heavy atom. The Kier molecular flexibility index (Phi) is 4.75. The Hall–Kier alpha value is -3.30. The van der Waals surface area contributed by atoms with E-state index in [1.807, 2.05) is 0 Å². The standard InChI is InChI=1S/C22H19F4N5O/c1-12-8-19(22(24,25)26)29-30(12)11-20(32)31-15-6-7-18(31)16-10-27-21(28-17(16)9-15)13-2-4-14(23)5-3-13/h2-5,8,10,15,18H,6-7,9,11H2,1H3/t15-,18+/m0/s1. The maximum absolute atomic E-state index is 13.2. The van der Waals surface area contributed by atoms with Gasteiger partial charge in [-0.05, 0) is 50.1 Å². The molecular formula is C22H19F4N5O. The molecule has 10 heteroatoms. The van der Waals surface area contributed by atoms with Crippen LogP contribution in [0.2, 0.25) is 0 Å². The summed E-state index contributed by atoms with van der Waals surface area (Å²) >= 11 is 0. The molecule has 3 aromatic rings. The van der Waals surface area contributed by atoms with Crippen molar-refractivity contribution in [2.75, 3.05) is 0 Å². The van der Waals surface area contributed by atoms with Crippen LogP contribution in [0.3, 0.4) is 0 Å². The summed E-state index contributed by atoms with van der Waals surface area (Å²) in [5.41, 5.74) is 1.69. The fourth-order valence-electron chi connectivity index (χ4n) is 4.61. The first-order valence-corrected chi connectivity index (χ1v) is 10.3. The highest BCUT2D eigenvalue weighted by atomic mass is 19.4. The number of halogens is 4. The minimum absolute atomic E-state index is 0.0751. The van der Waals surface area contributed by atoms with E-state index in [1.165, 1.54) is 19.1 Å². The lowest BCUT2D eigenvalue weighted by molar-refractivity contribution is -0.142. The summed E-state index contributed by atoms with van der Waals surface area (Å²) in [6.07, 6.45) is -0.782. The van der Waals surface area contributed by atoms with Crippen LogP contribution in [0.1, 0.15) is 41.5 Å². The molecule has 6 nitrogen and oxygen atoms in total. The largest absolute Gasteiger partial charge is 0.435 e. The fourth-order valence-corrected chi connectivity index (χ4v) is 4.61. The third kappa shape index (κ3) is 3.53. The molecule has 1 aromatic carbocycles. The van der Waals surface area contributed by atoms with Crippen LogP contribution in [0.25, 0.3) is 11.4 Å². The number of carbonyl (C=O) groups is 1. The molecular weight excluding hydrogens is 426 g/mol. The minimum Gasteiger partial charge on any atom is -0.331 e. The molecule has 2 aromatic heterocycles. The normalized spacial score (nSPS) is 19.8. The molecule has 32 heavy (non-hydrogen) atoms. The number of benzene rings is 1. The van der Waals surface area contributed by atoms with Gasteiger partial charge in [0, 0.05) is 35.5 Å². The van der Waals surface area contributed by atoms with E-state index in [0.717, 1.165) is 34.8 Å². The molecule has 2 aliphatic heterocycles. The number of amides is 1. The number of hydrogen-bond donors (Lipinski definition) is 0. The Morgan fingerprint density at radius 1 is 1.19 bits per heavy atom. The summed E-state index contributed by atoms with van der Waals surface area (Å²) in [6, 6.07) is 6.59. The van der Waals surface area contributed by atoms with Crippen molar-refractivity contribution in [3.05, 3.63) is 65.0 Å². The van der Waals surface area contributed by atoms with E-state index in [1.54, 1.807) is 23.2 Å². The van der Waals surface area contributed by atoms with Crippen LogP contribution in [-0.2, 0) is 23.9 Å². The van der Waals surface area contributed by atoms with Gasteiger partial charge in [-0.25, -0.2) is 14.4 Å². The van der Waals surface area contributed by atoms with Gasteiger partial charge >= 0.3 is 6.18 Å². The lowest BCUT2D eigenvalue weighted by Gasteiger charge is -2.35. The lowest BCUT2D eigenvalue weighted by atomic mass is 9.98. The molecule has 2 aliphatic rings. The summed E-state index contributed by atoms with van der Waals surface area (Å²) < 4.78 is 53.1. The molecule has 1 fully saturated rings. The van der Waals surface area contributed by atoms with Crippen LogP contribution < -0.4 is 0 Å². The number of alkyl halides is 3. The second-order valence-corrected chi connectivity index (χ2v) is 8.18. The number of nitrogens with zero attached hydrogens (tertiary/aromatic N) is 5. The van der Waals surface area contributed by atoms with Crippen LogP contribution in [0.15, 0.2) is 36.5 Å². The molecule has 5 rings (SSSR count). The van der Waals surface area contributed by atoms with Gasteiger partial charge in [-0.15, -0.1) is 0 Å². The first-order chi connectivity index (χ1) is 15.2. The van der Waals surface area contributed by atoms with Crippen molar-refractivity contribution in [2.24, 2.45) is 0 Å². The summed E-state index contributed by atoms with van der Waals surface area (Å²) in [5, 5.41) is 3.57. The number of hydrogen-bond acceptors (Lipinski definition) is 4. The summed E-state index contributed by atoms with van der Waals surface area (Å²) in [5.74, 6) is -0.117. The maximum Gasteiger partial charge on any atom is 0.435 e. The van der Waals surface area contributed by atoms with Gasteiger partial charge in [-0.3, -0.25) is 9.48 Å². The number of fused-ring (bicyclic) bond motifs is 4. The lowest BCUT2D eigenvalue weighted by Crippen LogP contribution is -2.44. The molecule has 2 atom stereocenters. The van der Waals surface area contributed by atoms with Gasteiger partial charge in [0.25, 0.3) is 0 Å². The van der Waals surface area contributed by atoms with Crippen molar-refractivity contribution in [2.45, 2.75) is 51.0 Å². The highest BCUT2D eigenvalue weighted by molar-refractivity contribution is 5.78. The average Bonchev–Trinajstić information content (AvgIpc) is 3.27. The second-order valence-electron chi connectivity index (χ2n) is 8.18. The summed E-state index contributed by atoms with van der Waals surface area (Å²) in [4.78, 5) is 23.9. The van der Waals surface area contributed by atoms with Gasteiger partial charge in [0.15, 0.2) is 11.5 Å². The molecule has 0 radical (unpaired) electrons. The van der Waals surface area contributed by atoms with Crippen LogP contribution in [0.5, 0.6) is 0 Å². The van der Waals surface area contributed by atoms with Gasteiger partial charge in [-0.1, -0.05) is 0 Å². The average molecular weight is 445 g/mol. The van der Waals surface area contributed by atoms with Crippen molar-refractivity contribution in [1.82, 2.24) is 24.6 Å².